The number of nitrogens with one attached hydrogen (secondary N) is 1. The normalized spacial score (nSPS) is 23.2. The summed E-state index contributed by atoms with van der Waals surface area (Å²) in [5.41, 5.74) is 0.824. The molecule has 7 heteroatoms. The van der Waals surface area contributed by atoms with Crippen molar-refractivity contribution in [1.29, 1.82) is 0 Å². The van der Waals surface area contributed by atoms with E-state index in [4.69, 9.17) is 4.74 Å². The number of hydrogen-bond donors (Lipinski definition) is 1. The Morgan fingerprint density at radius 2 is 1.85 bits per heavy atom. The first-order chi connectivity index (χ1) is 18.6. The summed E-state index contributed by atoms with van der Waals surface area (Å²) >= 11 is 1.64. The Hall–Kier alpha value is -3.06. The number of amides is 1. The Kier molecular flexibility index (Phi) is 7.64. The summed E-state index contributed by atoms with van der Waals surface area (Å²) < 4.78 is 7.11. The van der Waals surface area contributed by atoms with Gasteiger partial charge in [0.1, 0.15) is 5.56 Å². The Balaban J connectivity index is 1.46. The number of rotatable bonds is 9. The van der Waals surface area contributed by atoms with Crippen molar-refractivity contribution in [3.63, 3.8) is 0 Å². The fourth-order valence-electron chi connectivity index (χ4n) is 6.88. The van der Waals surface area contributed by atoms with Crippen LogP contribution >= 0.6 is 11.8 Å². The lowest BCUT2D eigenvalue weighted by atomic mass is 9.68. The molecule has 0 spiro atoms. The molecule has 6 nitrogen and oxygen atoms in total. The molecule has 39 heavy (non-hydrogen) atoms. The molecule has 2 aromatic carbocycles. The van der Waals surface area contributed by atoms with Gasteiger partial charge in [0, 0.05) is 40.9 Å². The van der Waals surface area contributed by atoms with Gasteiger partial charge < -0.3 is 14.6 Å². The number of unbranched alkanes of at least 4 members (excludes halogenated alkanes) is 1. The molecule has 2 fully saturated rings. The fourth-order valence-corrected chi connectivity index (χ4v) is 7.75. The van der Waals surface area contributed by atoms with Crippen molar-refractivity contribution in [2.75, 3.05) is 6.61 Å². The van der Waals surface area contributed by atoms with E-state index in [0.29, 0.717) is 30.9 Å². The predicted molar refractivity (Wildman–Crippen MR) is 155 cm³/mol. The van der Waals surface area contributed by atoms with Crippen molar-refractivity contribution in [2.45, 2.75) is 82.2 Å². The number of pyridine rings is 1. The molecule has 3 atom stereocenters. The second-order valence-corrected chi connectivity index (χ2v) is 13.2. The maximum absolute atomic E-state index is 13.7. The van der Waals surface area contributed by atoms with Crippen LogP contribution in [0.5, 0.6) is 0 Å². The van der Waals surface area contributed by atoms with E-state index in [1.165, 1.54) is 13.3 Å². The van der Waals surface area contributed by atoms with Gasteiger partial charge >= 0.3 is 5.97 Å². The zero-order valence-electron chi connectivity index (χ0n) is 23.3. The van der Waals surface area contributed by atoms with Gasteiger partial charge in [-0.05, 0) is 79.2 Å². The number of carbonyl (C=O) groups is 2. The molecule has 3 aromatic rings. The molecule has 1 aromatic heterocycles. The highest BCUT2D eigenvalue weighted by Crippen LogP contribution is 2.62. The number of fused-ring (bicyclic) bond motifs is 3. The first-order valence-electron chi connectivity index (χ1n) is 13.9. The number of hydrogen-bond acceptors (Lipinski definition) is 5. The number of nitrogens with zero attached hydrogens (tertiary/aromatic N) is 1. The van der Waals surface area contributed by atoms with Crippen LogP contribution in [-0.4, -0.2) is 29.1 Å². The summed E-state index contributed by atoms with van der Waals surface area (Å²) in [5.74, 6) is 0.0200. The summed E-state index contributed by atoms with van der Waals surface area (Å²) in [5, 5.41) is 3.85. The number of carbonyl (C=O) groups excluding carboxylic acids is 2. The molecule has 1 N–H and O–H groups in total. The molecule has 2 aliphatic rings. The van der Waals surface area contributed by atoms with E-state index in [1.807, 2.05) is 41.0 Å². The zero-order valence-corrected chi connectivity index (χ0v) is 24.1. The van der Waals surface area contributed by atoms with Gasteiger partial charge in [-0.3, -0.25) is 14.4 Å². The molecule has 2 bridgehead atoms. The van der Waals surface area contributed by atoms with E-state index in [1.54, 1.807) is 18.0 Å². The Morgan fingerprint density at radius 1 is 1.08 bits per heavy atom. The highest BCUT2D eigenvalue weighted by Gasteiger charge is 2.59. The Labute approximate surface area is 234 Å². The average Bonchev–Trinajstić information content (AvgIpc) is 3.39. The predicted octanol–water partition coefficient (Wildman–Crippen LogP) is 6.44. The van der Waals surface area contributed by atoms with E-state index in [9.17, 15) is 14.4 Å². The highest BCUT2D eigenvalue weighted by molar-refractivity contribution is 7.99. The number of esters is 1. The first-order valence-corrected chi connectivity index (χ1v) is 14.7. The first kappa shape index (κ1) is 27.5. The molecular weight excluding hydrogens is 508 g/mol. The molecular formula is C32H38N2O4S. The fraction of sp³-hybridized carbons (Fsp3) is 0.469. The second-order valence-electron chi connectivity index (χ2n) is 12.0. The van der Waals surface area contributed by atoms with Crippen LogP contribution in [0.4, 0.5) is 0 Å². The summed E-state index contributed by atoms with van der Waals surface area (Å²) in [6.45, 7) is 9.14. The number of aromatic nitrogens is 1. The third-order valence-corrected chi connectivity index (χ3v) is 9.92. The van der Waals surface area contributed by atoms with Crippen molar-refractivity contribution in [1.82, 2.24) is 9.88 Å². The quantitative estimate of drug-likeness (QED) is 0.247. The summed E-state index contributed by atoms with van der Waals surface area (Å²) in [4.78, 5) is 40.7. The molecule has 0 aliphatic heterocycles. The van der Waals surface area contributed by atoms with Crippen LogP contribution in [-0.2, 0) is 16.1 Å². The van der Waals surface area contributed by atoms with Crippen molar-refractivity contribution in [3.8, 4) is 0 Å². The van der Waals surface area contributed by atoms with Gasteiger partial charge in [-0.15, -0.1) is 0 Å². The van der Waals surface area contributed by atoms with Crippen molar-refractivity contribution < 1.29 is 14.3 Å². The van der Waals surface area contributed by atoms with Crippen molar-refractivity contribution in [3.05, 3.63) is 70.5 Å². The molecule has 1 amide bonds. The number of benzene rings is 2. The minimum absolute atomic E-state index is 0.00119. The monoisotopic (exact) mass is 546 g/mol. The molecule has 0 unspecified atom stereocenters. The summed E-state index contributed by atoms with van der Waals surface area (Å²) in [6, 6.07) is 16.0. The van der Waals surface area contributed by atoms with Crippen LogP contribution in [0.3, 0.4) is 0 Å². The molecule has 0 saturated heterocycles. The van der Waals surface area contributed by atoms with Gasteiger partial charge in [0.05, 0.1) is 12.1 Å². The topological polar surface area (TPSA) is 77.4 Å². The molecule has 5 rings (SSSR count). The van der Waals surface area contributed by atoms with Crippen LogP contribution in [0.15, 0.2) is 69.3 Å². The van der Waals surface area contributed by atoms with Crippen molar-refractivity contribution >= 4 is 34.5 Å². The van der Waals surface area contributed by atoms with Crippen LogP contribution in [0, 0.1) is 16.7 Å². The summed E-state index contributed by atoms with van der Waals surface area (Å²) in [6.07, 6.45) is 6.61. The third-order valence-electron chi connectivity index (χ3n) is 8.92. The number of aryl methyl sites for hydroxylation is 1. The van der Waals surface area contributed by atoms with Crippen LogP contribution in [0.2, 0.25) is 0 Å². The van der Waals surface area contributed by atoms with E-state index in [2.05, 4.69) is 38.2 Å². The lowest BCUT2D eigenvalue weighted by molar-refractivity contribution is -0.141. The Morgan fingerprint density at radius 3 is 2.54 bits per heavy atom. The van der Waals surface area contributed by atoms with Crippen LogP contribution in [0.25, 0.3) is 10.9 Å². The van der Waals surface area contributed by atoms with Gasteiger partial charge in [0.25, 0.3) is 5.91 Å². The molecule has 0 radical (unpaired) electrons. The van der Waals surface area contributed by atoms with Crippen LogP contribution in [0.1, 0.15) is 70.2 Å². The lowest BCUT2D eigenvalue weighted by Gasteiger charge is -2.43. The second kappa shape index (κ2) is 10.8. The standard InChI is InChI=1S/C32H38N2O4S/c1-21(35)38-17-9-8-16-34-20-26(29(37)33-30-31(2,3)22-14-15-32(30,4)19-22)28(36)25-13-12-24(18-27(25)34)39-23-10-6-5-7-11-23/h5-7,10-13,18,20,22,30H,8-9,14-17,19H2,1-4H3,(H,33,37)/t22-,30+,32+/m0/s1. The van der Waals surface area contributed by atoms with Gasteiger partial charge in [-0.2, -0.15) is 0 Å². The maximum atomic E-state index is 13.7. The zero-order chi connectivity index (χ0) is 27.8. The molecule has 2 saturated carbocycles. The van der Waals surface area contributed by atoms with Crippen molar-refractivity contribution in [2.24, 2.45) is 16.7 Å². The highest BCUT2D eigenvalue weighted by atomic mass is 32.2. The Bertz CT molecular complexity index is 1440. The van der Waals surface area contributed by atoms with E-state index in [-0.39, 0.29) is 39.7 Å². The maximum Gasteiger partial charge on any atom is 0.302 e. The van der Waals surface area contributed by atoms with Crippen LogP contribution < -0.4 is 10.7 Å². The van der Waals surface area contributed by atoms with Gasteiger partial charge in [0.15, 0.2) is 0 Å². The average molecular weight is 547 g/mol. The molecule has 1 heterocycles. The molecule has 206 valence electrons. The summed E-state index contributed by atoms with van der Waals surface area (Å²) in [7, 11) is 0. The van der Waals surface area contributed by atoms with E-state index >= 15 is 0 Å². The lowest BCUT2D eigenvalue weighted by Crippen LogP contribution is -2.53. The third kappa shape index (κ3) is 5.51. The number of ether oxygens (including phenoxy) is 1. The van der Waals surface area contributed by atoms with Gasteiger partial charge in [-0.25, -0.2) is 0 Å². The van der Waals surface area contributed by atoms with Gasteiger partial charge in [-0.1, -0.05) is 50.7 Å². The van der Waals surface area contributed by atoms with E-state index < -0.39 is 0 Å². The minimum atomic E-state index is -0.289. The SMILES string of the molecule is CC(=O)OCCCCn1cc(C(=O)N[C@@H]2C(C)(C)[C@H]3CC[C@]2(C)C3)c(=O)c2ccc(Sc3ccccc3)cc21. The van der Waals surface area contributed by atoms with Gasteiger partial charge in [0.2, 0.25) is 5.43 Å². The minimum Gasteiger partial charge on any atom is -0.466 e. The smallest absolute Gasteiger partial charge is 0.302 e. The largest absolute Gasteiger partial charge is 0.466 e. The molecule has 2 aliphatic carbocycles. The van der Waals surface area contributed by atoms with E-state index in [0.717, 1.165) is 34.6 Å².